The normalized spacial score (nSPS) is 10.9. The highest BCUT2D eigenvalue weighted by molar-refractivity contribution is 5.94. The smallest absolute Gasteiger partial charge is 0.303 e. The number of hydrazine groups is 1. The molecule has 0 aliphatic carbocycles. The number of fused-ring (bicyclic) bond motifs is 1. The van der Waals surface area contributed by atoms with Gasteiger partial charge in [-0.05, 0) is 30.5 Å². The Labute approximate surface area is 183 Å². The number of amides is 1. The van der Waals surface area contributed by atoms with Crippen LogP contribution in [0.4, 0.5) is 5.95 Å². The van der Waals surface area contributed by atoms with E-state index < -0.39 is 11.2 Å². The Morgan fingerprint density at radius 2 is 1.59 bits per heavy atom. The van der Waals surface area contributed by atoms with Crippen molar-refractivity contribution in [2.24, 2.45) is 14.1 Å². The van der Waals surface area contributed by atoms with Gasteiger partial charge in [-0.25, -0.2) is 4.79 Å². The number of hydrogen-bond acceptors (Lipinski definition) is 5. The van der Waals surface area contributed by atoms with Gasteiger partial charge in [0.05, 0.1) is 0 Å². The number of nitrogens with zero attached hydrogens (tertiary/aromatic N) is 4. The quantitative estimate of drug-likeness (QED) is 0.434. The van der Waals surface area contributed by atoms with Crippen LogP contribution in [0.5, 0.6) is 0 Å². The van der Waals surface area contributed by atoms with Crippen LogP contribution in [0.3, 0.4) is 0 Å². The van der Waals surface area contributed by atoms with E-state index in [1.54, 1.807) is 35.9 Å². The van der Waals surface area contributed by atoms with E-state index in [1.165, 1.54) is 17.2 Å². The van der Waals surface area contributed by atoms with Gasteiger partial charge in [-0.3, -0.25) is 29.6 Å². The summed E-state index contributed by atoms with van der Waals surface area (Å²) in [4.78, 5) is 42.2. The second kappa shape index (κ2) is 8.93. The fourth-order valence-electron chi connectivity index (χ4n) is 3.62. The van der Waals surface area contributed by atoms with Crippen molar-refractivity contribution in [3.05, 3.63) is 92.6 Å². The highest BCUT2D eigenvalue weighted by Crippen LogP contribution is 2.17. The summed E-state index contributed by atoms with van der Waals surface area (Å²) in [6.45, 7) is 0.475. The summed E-state index contributed by atoms with van der Waals surface area (Å²) >= 11 is 0. The van der Waals surface area contributed by atoms with E-state index in [1.807, 2.05) is 36.4 Å². The first-order chi connectivity index (χ1) is 15.5. The number of rotatable bonds is 7. The molecular weight excluding hydrogens is 408 g/mol. The Kier molecular flexibility index (Phi) is 5.89. The molecular formula is C23H24N6O3. The summed E-state index contributed by atoms with van der Waals surface area (Å²) in [5.41, 5.74) is 6.79. The van der Waals surface area contributed by atoms with E-state index in [0.29, 0.717) is 17.6 Å². The van der Waals surface area contributed by atoms with Gasteiger partial charge in [0.15, 0.2) is 11.2 Å². The van der Waals surface area contributed by atoms with Crippen LogP contribution in [0.1, 0.15) is 22.3 Å². The molecule has 9 heteroatoms. The second-order valence-electron chi connectivity index (χ2n) is 7.50. The van der Waals surface area contributed by atoms with E-state index in [2.05, 4.69) is 15.8 Å². The summed E-state index contributed by atoms with van der Waals surface area (Å²) in [5, 5.41) is 0. The third kappa shape index (κ3) is 4.04. The van der Waals surface area contributed by atoms with Crippen molar-refractivity contribution in [1.29, 1.82) is 0 Å². The van der Waals surface area contributed by atoms with E-state index in [4.69, 9.17) is 0 Å². The van der Waals surface area contributed by atoms with E-state index in [0.717, 1.165) is 17.4 Å². The molecule has 4 rings (SSSR count). The van der Waals surface area contributed by atoms with Crippen molar-refractivity contribution < 1.29 is 4.79 Å². The van der Waals surface area contributed by atoms with Crippen molar-refractivity contribution in [2.45, 2.75) is 19.4 Å². The van der Waals surface area contributed by atoms with Gasteiger partial charge < -0.3 is 4.57 Å². The van der Waals surface area contributed by atoms with Gasteiger partial charge in [-0.15, -0.1) is 0 Å². The number of carbonyl (C=O) groups excluding carboxylic acids is 1. The lowest BCUT2D eigenvalue weighted by atomic mass is 10.1. The van der Waals surface area contributed by atoms with Gasteiger partial charge in [0, 0.05) is 26.2 Å². The third-order valence-electron chi connectivity index (χ3n) is 5.36. The number of carbonyl (C=O) groups is 1. The molecule has 0 aliphatic rings. The van der Waals surface area contributed by atoms with Crippen LogP contribution in [0.15, 0.2) is 70.3 Å². The first kappa shape index (κ1) is 21.1. The minimum Gasteiger partial charge on any atom is -0.303 e. The fraction of sp³-hybridized carbons (Fsp3) is 0.217. The molecule has 0 unspecified atom stereocenters. The standard InChI is InChI=1S/C23H24N6O3/c1-27-19-18(21(31)28(2)23(27)32)29(15-9-12-16-10-5-3-6-11-16)22(24-19)26-25-20(30)17-13-7-4-8-14-17/h3-8,10-11,13-14H,9,12,15H2,1-2H3,(H,24,26)(H,25,30). The van der Waals surface area contributed by atoms with E-state index >= 15 is 0 Å². The lowest BCUT2D eigenvalue weighted by Gasteiger charge is -2.12. The molecule has 164 valence electrons. The first-order valence-electron chi connectivity index (χ1n) is 10.3. The highest BCUT2D eigenvalue weighted by atomic mass is 16.2. The Bertz CT molecular complexity index is 1370. The summed E-state index contributed by atoms with van der Waals surface area (Å²) < 4.78 is 4.10. The molecule has 0 spiro atoms. The number of anilines is 1. The summed E-state index contributed by atoms with van der Waals surface area (Å²) in [6.07, 6.45) is 1.55. The zero-order chi connectivity index (χ0) is 22.7. The van der Waals surface area contributed by atoms with Crippen LogP contribution in [0.25, 0.3) is 11.2 Å². The number of aryl methyl sites for hydroxylation is 3. The molecule has 1 amide bonds. The molecule has 0 fully saturated rings. The molecule has 0 bridgehead atoms. The maximum atomic E-state index is 12.9. The first-order valence-corrected chi connectivity index (χ1v) is 10.3. The predicted molar refractivity (Wildman–Crippen MR) is 123 cm³/mol. The van der Waals surface area contributed by atoms with Gasteiger partial charge in [0.25, 0.3) is 11.5 Å². The molecule has 32 heavy (non-hydrogen) atoms. The van der Waals surface area contributed by atoms with Gasteiger partial charge in [-0.2, -0.15) is 4.98 Å². The number of benzene rings is 2. The average Bonchev–Trinajstić information content (AvgIpc) is 3.19. The lowest BCUT2D eigenvalue weighted by Crippen LogP contribution is -2.37. The highest BCUT2D eigenvalue weighted by Gasteiger charge is 2.19. The van der Waals surface area contributed by atoms with Gasteiger partial charge in [-0.1, -0.05) is 48.5 Å². The van der Waals surface area contributed by atoms with Gasteiger partial charge >= 0.3 is 5.69 Å². The van der Waals surface area contributed by atoms with E-state index in [9.17, 15) is 14.4 Å². The minimum absolute atomic E-state index is 0.259. The fourth-order valence-corrected chi connectivity index (χ4v) is 3.62. The lowest BCUT2D eigenvalue weighted by molar-refractivity contribution is 0.0962. The van der Waals surface area contributed by atoms with Crippen LogP contribution in [-0.4, -0.2) is 24.6 Å². The maximum absolute atomic E-state index is 12.9. The molecule has 2 aromatic heterocycles. The Morgan fingerprint density at radius 1 is 0.938 bits per heavy atom. The minimum atomic E-state index is -0.462. The molecule has 9 nitrogen and oxygen atoms in total. The van der Waals surface area contributed by atoms with Gasteiger partial charge in [0.1, 0.15) is 0 Å². The van der Waals surface area contributed by atoms with Crippen LogP contribution in [-0.2, 0) is 27.1 Å². The number of hydrogen-bond donors (Lipinski definition) is 2. The Morgan fingerprint density at radius 3 is 2.28 bits per heavy atom. The maximum Gasteiger partial charge on any atom is 0.332 e. The molecule has 2 heterocycles. The summed E-state index contributed by atoms with van der Waals surface area (Å²) in [5.74, 6) is -0.0501. The molecule has 0 radical (unpaired) electrons. The monoisotopic (exact) mass is 432 g/mol. The van der Waals surface area contributed by atoms with Crippen LogP contribution >= 0.6 is 0 Å². The SMILES string of the molecule is Cn1c(=O)c2c(nc(NNC(=O)c3ccccc3)n2CCCc2ccccc2)n(C)c1=O. The molecule has 2 aromatic carbocycles. The van der Waals surface area contributed by atoms with Crippen molar-refractivity contribution >= 4 is 23.0 Å². The predicted octanol–water partition coefficient (Wildman–Crippen LogP) is 1.82. The van der Waals surface area contributed by atoms with Crippen LogP contribution < -0.4 is 22.1 Å². The molecule has 0 saturated carbocycles. The van der Waals surface area contributed by atoms with Crippen molar-refractivity contribution in [1.82, 2.24) is 24.1 Å². The van der Waals surface area contributed by atoms with Gasteiger partial charge in [0.2, 0.25) is 5.95 Å². The second-order valence-corrected chi connectivity index (χ2v) is 7.50. The van der Waals surface area contributed by atoms with E-state index in [-0.39, 0.29) is 17.5 Å². The zero-order valence-electron chi connectivity index (χ0n) is 17.9. The Balaban J connectivity index is 1.67. The van der Waals surface area contributed by atoms with Crippen molar-refractivity contribution in [2.75, 3.05) is 5.43 Å². The summed E-state index contributed by atoms with van der Waals surface area (Å²) in [6, 6.07) is 18.8. The number of nitrogens with one attached hydrogen (secondary N) is 2. The zero-order valence-corrected chi connectivity index (χ0v) is 17.9. The summed E-state index contributed by atoms with van der Waals surface area (Å²) in [7, 11) is 3.01. The molecule has 0 aliphatic heterocycles. The Hall–Kier alpha value is -4.14. The molecule has 2 N–H and O–H groups in total. The average molecular weight is 432 g/mol. The number of imidazole rings is 1. The third-order valence-corrected chi connectivity index (χ3v) is 5.36. The van der Waals surface area contributed by atoms with Crippen molar-refractivity contribution in [3.8, 4) is 0 Å². The van der Waals surface area contributed by atoms with Crippen LogP contribution in [0, 0.1) is 0 Å². The van der Waals surface area contributed by atoms with Crippen LogP contribution in [0.2, 0.25) is 0 Å². The molecule has 0 saturated heterocycles. The molecule has 4 aromatic rings. The molecule has 0 atom stereocenters. The largest absolute Gasteiger partial charge is 0.332 e. The van der Waals surface area contributed by atoms with Crippen molar-refractivity contribution in [3.63, 3.8) is 0 Å². The number of aromatic nitrogens is 4. The topological polar surface area (TPSA) is 103 Å².